The fraction of sp³-hybridized carbons (Fsp3) is 0.263. The summed E-state index contributed by atoms with van der Waals surface area (Å²) in [5.41, 5.74) is 0.369. The Bertz CT molecular complexity index is 1060. The van der Waals surface area contributed by atoms with Crippen LogP contribution in [-0.2, 0) is 10.0 Å². The Morgan fingerprint density at radius 3 is 2.24 bits per heavy atom. The lowest BCUT2D eigenvalue weighted by Gasteiger charge is -2.15. The van der Waals surface area contributed by atoms with E-state index in [0.29, 0.717) is 24.7 Å². The van der Waals surface area contributed by atoms with Gasteiger partial charge in [-0.2, -0.15) is 5.26 Å². The van der Waals surface area contributed by atoms with Crippen molar-refractivity contribution in [2.45, 2.75) is 18.7 Å². The number of hydrogen-bond donors (Lipinski definition) is 2. The summed E-state index contributed by atoms with van der Waals surface area (Å²) in [5, 5.41) is 17.2. The predicted octanol–water partition coefficient (Wildman–Crippen LogP) is 2.26. The van der Waals surface area contributed by atoms with Crippen molar-refractivity contribution in [3.63, 3.8) is 0 Å². The Morgan fingerprint density at radius 1 is 1.10 bits per heavy atom. The van der Waals surface area contributed by atoms with Crippen LogP contribution in [-0.4, -0.2) is 34.6 Å². The minimum atomic E-state index is -4.11. The number of amides is 1. The molecule has 2 aromatic rings. The number of hydrogen-bond acceptors (Lipinski definition) is 7. The molecule has 29 heavy (non-hydrogen) atoms. The number of sulfonamides is 1. The molecular formula is C19H21N3O6S. The molecule has 0 saturated heterocycles. The first-order valence-electron chi connectivity index (χ1n) is 8.61. The highest BCUT2D eigenvalue weighted by atomic mass is 32.2. The number of rotatable bonds is 8. The number of methoxy groups -OCH3 is 1. The van der Waals surface area contributed by atoms with Crippen LogP contribution in [0.1, 0.15) is 29.8 Å². The molecule has 2 rings (SSSR count). The quantitative estimate of drug-likeness (QED) is 0.668. The Morgan fingerprint density at radius 2 is 1.72 bits per heavy atom. The highest BCUT2D eigenvalue weighted by Gasteiger charge is 2.20. The summed E-state index contributed by atoms with van der Waals surface area (Å²) in [6.45, 7) is 4.32. The largest absolute Gasteiger partial charge is 0.495 e. The summed E-state index contributed by atoms with van der Waals surface area (Å²) >= 11 is 0. The van der Waals surface area contributed by atoms with Crippen LogP contribution in [0.15, 0.2) is 35.2 Å². The van der Waals surface area contributed by atoms with Gasteiger partial charge in [0.05, 0.1) is 31.6 Å². The molecule has 0 fully saturated rings. The predicted molar refractivity (Wildman–Crippen MR) is 106 cm³/mol. The van der Waals surface area contributed by atoms with Gasteiger partial charge in [-0.15, -0.1) is 0 Å². The van der Waals surface area contributed by atoms with Crippen LogP contribution in [0, 0.1) is 11.3 Å². The van der Waals surface area contributed by atoms with E-state index in [1.165, 1.54) is 31.4 Å². The van der Waals surface area contributed by atoms with Gasteiger partial charge in [-0.05, 0) is 32.0 Å². The number of primary sulfonamides is 1. The van der Waals surface area contributed by atoms with Crippen LogP contribution < -0.4 is 24.7 Å². The van der Waals surface area contributed by atoms with Crippen LogP contribution in [0.4, 0.5) is 5.69 Å². The maximum Gasteiger partial charge on any atom is 0.255 e. The lowest BCUT2D eigenvalue weighted by Crippen LogP contribution is -2.17. The van der Waals surface area contributed by atoms with Crippen molar-refractivity contribution in [3.05, 3.63) is 41.5 Å². The van der Waals surface area contributed by atoms with E-state index < -0.39 is 15.9 Å². The molecule has 0 radical (unpaired) electrons. The third-order valence-corrected chi connectivity index (χ3v) is 4.72. The molecule has 2 aromatic carbocycles. The summed E-state index contributed by atoms with van der Waals surface area (Å²) < 4.78 is 39.5. The number of nitrogens with one attached hydrogen (secondary N) is 1. The highest BCUT2D eigenvalue weighted by Crippen LogP contribution is 2.34. The standard InChI is InChI=1S/C19H21N3O6S/c1-4-27-16-8-13(11-20)14(10-17(16)28-5-2)22-19(23)12-6-7-15(26-3)18(9-12)29(21,24)25/h6-10H,4-5H2,1-3H3,(H,22,23)(H2,21,24,25). The van der Waals surface area contributed by atoms with E-state index in [-0.39, 0.29) is 27.5 Å². The molecule has 9 nitrogen and oxygen atoms in total. The summed E-state index contributed by atoms with van der Waals surface area (Å²) in [7, 11) is -2.82. The minimum absolute atomic E-state index is 0.0152. The molecule has 0 bridgehead atoms. The molecule has 3 N–H and O–H groups in total. The van der Waals surface area contributed by atoms with E-state index >= 15 is 0 Å². The smallest absolute Gasteiger partial charge is 0.255 e. The Labute approximate surface area is 169 Å². The molecule has 0 heterocycles. The molecule has 0 aliphatic rings. The van der Waals surface area contributed by atoms with Crippen LogP contribution in [0.3, 0.4) is 0 Å². The first-order valence-corrected chi connectivity index (χ1v) is 10.2. The second-order valence-electron chi connectivity index (χ2n) is 5.69. The van der Waals surface area contributed by atoms with E-state index in [9.17, 15) is 18.5 Å². The number of nitrogens with two attached hydrogens (primary N) is 1. The first-order chi connectivity index (χ1) is 13.7. The van der Waals surface area contributed by atoms with Gasteiger partial charge in [0.1, 0.15) is 16.7 Å². The number of ether oxygens (including phenoxy) is 3. The van der Waals surface area contributed by atoms with Crippen LogP contribution in [0.25, 0.3) is 0 Å². The molecule has 0 spiro atoms. The third-order valence-electron chi connectivity index (χ3n) is 3.78. The van der Waals surface area contributed by atoms with Gasteiger partial charge >= 0.3 is 0 Å². The van der Waals surface area contributed by atoms with Crippen molar-refractivity contribution in [2.75, 3.05) is 25.6 Å². The van der Waals surface area contributed by atoms with Gasteiger partial charge in [0, 0.05) is 17.7 Å². The number of nitriles is 1. The van der Waals surface area contributed by atoms with Gasteiger partial charge < -0.3 is 19.5 Å². The average molecular weight is 419 g/mol. The topological polar surface area (TPSA) is 141 Å². The number of carbonyl (C=O) groups is 1. The lowest BCUT2D eigenvalue weighted by molar-refractivity contribution is 0.102. The second kappa shape index (κ2) is 9.27. The van der Waals surface area contributed by atoms with Crippen molar-refractivity contribution in [2.24, 2.45) is 5.14 Å². The highest BCUT2D eigenvalue weighted by molar-refractivity contribution is 7.89. The van der Waals surface area contributed by atoms with Crippen LogP contribution in [0.2, 0.25) is 0 Å². The van der Waals surface area contributed by atoms with Gasteiger partial charge in [0.2, 0.25) is 10.0 Å². The Balaban J connectivity index is 2.45. The molecule has 0 saturated carbocycles. The molecule has 10 heteroatoms. The normalized spacial score (nSPS) is 10.7. The monoisotopic (exact) mass is 419 g/mol. The van der Waals surface area contributed by atoms with Gasteiger partial charge in [0.25, 0.3) is 5.91 Å². The zero-order chi connectivity index (χ0) is 21.6. The van der Waals surface area contributed by atoms with E-state index in [1.807, 2.05) is 6.07 Å². The van der Waals surface area contributed by atoms with E-state index in [0.717, 1.165) is 6.07 Å². The van der Waals surface area contributed by atoms with Gasteiger partial charge in [-0.3, -0.25) is 4.79 Å². The fourth-order valence-corrected chi connectivity index (χ4v) is 3.25. The fourth-order valence-electron chi connectivity index (χ4n) is 2.53. The SMILES string of the molecule is CCOc1cc(C#N)c(NC(=O)c2ccc(OC)c(S(N)(=O)=O)c2)cc1OCC. The minimum Gasteiger partial charge on any atom is -0.495 e. The van der Waals surface area contributed by atoms with E-state index in [2.05, 4.69) is 5.32 Å². The van der Waals surface area contributed by atoms with Crippen molar-refractivity contribution < 1.29 is 27.4 Å². The molecule has 0 unspecified atom stereocenters. The van der Waals surface area contributed by atoms with E-state index in [4.69, 9.17) is 19.3 Å². The van der Waals surface area contributed by atoms with Crippen LogP contribution in [0.5, 0.6) is 17.2 Å². The number of carbonyl (C=O) groups excluding carboxylic acids is 1. The molecule has 0 aliphatic carbocycles. The van der Waals surface area contributed by atoms with Crippen molar-refractivity contribution in [1.82, 2.24) is 0 Å². The number of nitrogens with zero attached hydrogens (tertiary/aromatic N) is 1. The molecular weight excluding hydrogens is 398 g/mol. The molecule has 0 aromatic heterocycles. The summed E-state index contributed by atoms with van der Waals surface area (Å²) in [6, 6.07) is 8.75. The lowest BCUT2D eigenvalue weighted by atomic mass is 10.1. The summed E-state index contributed by atoms with van der Waals surface area (Å²) in [5.74, 6) is 0.121. The zero-order valence-corrected chi connectivity index (χ0v) is 17.0. The maximum atomic E-state index is 12.7. The van der Waals surface area contributed by atoms with Crippen molar-refractivity contribution in [3.8, 4) is 23.3 Å². The van der Waals surface area contributed by atoms with Gasteiger partial charge in [0.15, 0.2) is 11.5 Å². The Kier molecular flexibility index (Phi) is 7.03. The average Bonchev–Trinajstić information content (AvgIpc) is 2.68. The second-order valence-corrected chi connectivity index (χ2v) is 7.22. The summed E-state index contributed by atoms with van der Waals surface area (Å²) in [6.07, 6.45) is 0. The van der Waals surface area contributed by atoms with Gasteiger partial charge in [-0.25, -0.2) is 13.6 Å². The van der Waals surface area contributed by atoms with Crippen LogP contribution >= 0.6 is 0 Å². The summed E-state index contributed by atoms with van der Waals surface area (Å²) in [4.78, 5) is 12.3. The molecule has 154 valence electrons. The zero-order valence-electron chi connectivity index (χ0n) is 16.2. The first kappa shape index (κ1) is 22.0. The van der Waals surface area contributed by atoms with Gasteiger partial charge in [-0.1, -0.05) is 0 Å². The van der Waals surface area contributed by atoms with E-state index in [1.54, 1.807) is 13.8 Å². The molecule has 0 atom stereocenters. The third kappa shape index (κ3) is 5.16. The molecule has 0 aliphatic heterocycles. The Hall–Kier alpha value is -3.29. The number of anilines is 1. The van der Waals surface area contributed by atoms with Crippen molar-refractivity contribution in [1.29, 1.82) is 5.26 Å². The maximum absolute atomic E-state index is 12.7. The van der Waals surface area contributed by atoms with Crippen molar-refractivity contribution >= 4 is 21.6 Å². The number of benzene rings is 2. The molecule has 1 amide bonds.